The molecule has 6 aromatic rings. The number of nitrogens with one attached hydrogen (secondary N) is 1. The summed E-state index contributed by atoms with van der Waals surface area (Å²) in [6.45, 7) is 6.60. The van der Waals surface area contributed by atoms with Crippen LogP contribution >= 0.6 is 22.9 Å². The maximum atomic E-state index is 14.6. The lowest BCUT2D eigenvalue weighted by molar-refractivity contribution is 0.0500. The lowest BCUT2D eigenvalue weighted by Gasteiger charge is -2.25. The molecule has 0 radical (unpaired) electrons. The van der Waals surface area contributed by atoms with Gasteiger partial charge in [0.1, 0.15) is 28.8 Å². The minimum atomic E-state index is -3.97. The minimum absolute atomic E-state index is 0.00975. The SMILES string of the molecule is COc1ccc(CN(c2nn(C)c3c(-n4c([C@H](Cc5cc(F)cc(F)c5)NC(=O)OC(C)(C)C)nc5sc(C)nc5c4=O)ccc(Cl)c23)S(C)(=O)=O)cc1. The van der Waals surface area contributed by atoms with Gasteiger partial charge in [0.15, 0.2) is 16.2 Å². The summed E-state index contributed by atoms with van der Waals surface area (Å²) in [6, 6.07) is 11.6. The zero-order valence-corrected chi connectivity index (χ0v) is 32.7. The molecule has 0 saturated carbocycles. The van der Waals surface area contributed by atoms with Crippen LogP contribution in [0.1, 0.15) is 48.8 Å². The third-order valence-electron chi connectivity index (χ3n) is 8.19. The predicted molar refractivity (Wildman–Crippen MR) is 203 cm³/mol. The van der Waals surface area contributed by atoms with Gasteiger partial charge in [0, 0.05) is 19.5 Å². The van der Waals surface area contributed by atoms with E-state index in [0.29, 0.717) is 16.3 Å². The number of hydrogen-bond donors (Lipinski definition) is 1. The van der Waals surface area contributed by atoms with Crippen LogP contribution in [0.15, 0.2) is 59.4 Å². The highest BCUT2D eigenvalue weighted by atomic mass is 35.5. The number of carbonyl (C=O) groups excluding carboxylic acids is 1. The topological polar surface area (TPSA) is 151 Å². The van der Waals surface area contributed by atoms with E-state index < -0.39 is 45.0 Å². The molecule has 0 aliphatic heterocycles. The average molecular weight is 800 g/mol. The second-order valence-corrected chi connectivity index (χ2v) is 17.0. The number of ether oxygens (including phenoxy) is 2. The van der Waals surface area contributed by atoms with Crippen molar-refractivity contribution >= 4 is 66.1 Å². The first-order chi connectivity index (χ1) is 25.3. The Hall–Kier alpha value is -5.13. The van der Waals surface area contributed by atoms with Crippen LogP contribution in [0.2, 0.25) is 5.02 Å². The smallest absolute Gasteiger partial charge is 0.408 e. The largest absolute Gasteiger partial charge is 0.497 e. The Morgan fingerprint density at radius 3 is 2.33 bits per heavy atom. The lowest BCUT2D eigenvalue weighted by Crippen LogP contribution is -2.39. The second-order valence-electron chi connectivity index (χ2n) is 13.5. The van der Waals surface area contributed by atoms with Crippen LogP contribution in [0.3, 0.4) is 0 Å². The highest BCUT2D eigenvalue weighted by Crippen LogP contribution is 2.38. The van der Waals surface area contributed by atoms with Crippen molar-refractivity contribution in [3.8, 4) is 11.4 Å². The number of rotatable bonds is 10. The van der Waals surface area contributed by atoms with Gasteiger partial charge in [-0.1, -0.05) is 35.1 Å². The van der Waals surface area contributed by atoms with E-state index in [9.17, 15) is 26.8 Å². The molecule has 6 rings (SSSR count). The molecule has 0 spiro atoms. The average Bonchev–Trinajstić information content (AvgIpc) is 3.62. The number of thiazole rings is 1. The standard InChI is InChI=1S/C36H36ClF2N7O6S2/c1-19-40-29-33(53-19)42-31(26(41-35(48)52-36(2,3)4)16-21-14-22(38)17-23(39)15-21)46(34(29)47)27-13-12-25(37)28-30(27)44(5)43-32(28)45(54(7,49)50)18-20-8-10-24(51-6)11-9-20/h8-15,17,26H,16,18H2,1-7H3,(H,41,48)/t26-/m0/s1. The fourth-order valence-corrected chi connectivity index (χ4v) is 7.87. The van der Waals surface area contributed by atoms with Gasteiger partial charge in [-0.15, -0.1) is 0 Å². The van der Waals surface area contributed by atoms with Crippen LogP contribution in [-0.4, -0.2) is 57.8 Å². The molecular weight excluding hydrogens is 764 g/mol. The molecule has 1 amide bonds. The number of methoxy groups -OCH3 is 1. The molecule has 284 valence electrons. The molecule has 3 aromatic heterocycles. The van der Waals surface area contributed by atoms with Crippen LogP contribution in [0.5, 0.6) is 5.75 Å². The molecule has 0 aliphatic rings. The number of benzene rings is 3. The Morgan fingerprint density at radius 2 is 1.72 bits per heavy atom. The molecule has 0 unspecified atom stereocenters. The van der Waals surface area contributed by atoms with Crippen molar-refractivity contribution in [3.05, 3.63) is 104 Å². The number of alkyl carbamates (subject to hydrolysis) is 1. The number of amides is 1. The first kappa shape index (κ1) is 38.6. The van der Waals surface area contributed by atoms with E-state index >= 15 is 0 Å². The van der Waals surface area contributed by atoms with E-state index in [4.69, 9.17) is 26.1 Å². The fourth-order valence-electron chi connectivity index (χ4n) is 6.02. The molecular formula is C36H36ClF2N7O6S2. The zero-order chi connectivity index (χ0) is 39.3. The number of halogens is 3. The summed E-state index contributed by atoms with van der Waals surface area (Å²) in [6.07, 6.45) is -0.0555. The van der Waals surface area contributed by atoms with Crippen molar-refractivity contribution in [3.63, 3.8) is 0 Å². The monoisotopic (exact) mass is 799 g/mol. The lowest BCUT2D eigenvalue weighted by atomic mass is 10.0. The summed E-state index contributed by atoms with van der Waals surface area (Å²) in [5.41, 5.74) is -0.344. The van der Waals surface area contributed by atoms with Crippen LogP contribution in [0.4, 0.5) is 19.4 Å². The summed E-state index contributed by atoms with van der Waals surface area (Å²) in [7, 11) is -0.888. The molecule has 54 heavy (non-hydrogen) atoms. The van der Waals surface area contributed by atoms with E-state index in [-0.39, 0.29) is 62.1 Å². The molecule has 3 heterocycles. The third-order valence-corrected chi connectivity index (χ3v) is 10.5. The number of aromatic nitrogens is 5. The molecule has 3 aromatic carbocycles. The summed E-state index contributed by atoms with van der Waals surface area (Å²) in [4.78, 5) is 37.4. The van der Waals surface area contributed by atoms with Gasteiger partial charge in [0.2, 0.25) is 10.0 Å². The number of nitrogens with zero attached hydrogens (tertiary/aromatic N) is 6. The molecule has 0 fully saturated rings. The van der Waals surface area contributed by atoms with E-state index in [1.54, 1.807) is 59.0 Å². The Labute approximate surface area is 318 Å². The Bertz CT molecular complexity index is 2570. The van der Waals surface area contributed by atoms with E-state index in [1.165, 1.54) is 28.5 Å². The normalized spacial score (nSPS) is 12.6. The second kappa shape index (κ2) is 14.6. The maximum absolute atomic E-state index is 14.6. The Balaban J connectivity index is 1.61. The van der Waals surface area contributed by atoms with E-state index in [1.807, 2.05) is 0 Å². The highest BCUT2D eigenvalue weighted by molar-refractivity contribution is 7.92. The van der Waals surface area contributed by atoms with Gasteiger partial charge in [0.25, 0.3) is 5.56 Å². The molecule has 0 aliphatic carbocycles. The number of aryl methyl sites for hydroxylation is 2. The van der Waals surface area contributed by atoms with Crippen molar-refractivity contribution < 1.29 is 31.5 Å². The number of hydrogen-bond acceptors (Lipinski definition) is 10. The predicted octanol–water partition coefficient (Wildman–Crippen LogP) is 6.75. The van der Waals surface area contributed by atoms with Crippen molar-refractivity contribution in [2.24, 2.45) is 7.05 Å². The first-order valence-electron chi connectivity index (χ1n) is 16.4. The van der Waals surface area contributed by atoms with Crippen LogP contribution < -0.4 is 19.9 Å². The number of carbonyl (C=O) groups is 1. The molecule has 0 saturated heterocycles. The van der Waals surface area contributed by atoms with E-state index in [0.717, 1.165) is 40.1 Å². The highest BCUT2D eigenvalue weighted by Gasteiger charge is 2.31. The number of anilines is 1. The summed E-state index contributed by atoms with van der Waals surface area (Å²) >= 11 is 7.98. The zero-order valence-electron chi connectivity index (χ0n) is 30.3. The van der Waals surface area contributed by atoms with Gasteiger partial charge in [-0.25, -0.2) is 36.3 Å². The van der Waals surface area contributed by atoms with Gasteiger partial charge >= 0.3 is 6.09 Å². The van der Waals surface area contributed by atoms with Crippen molar-refractivity contribution in [1.29, 1.82) is 0 Å². The fraction of sp³-hybridized carbons (Fsp3) is 0.306. The summed E-state index contributed by atoms with van der Waals surface area (Å²) in [5, 5.41) is 8.23. The van der Waals surface area contributed by atoms with Crippen LogP contribution in [0, 0.1) is 18.6 Å². The third kappa shape index (κ3) is 8.02. The molecule has 1 N–H and O–H groups in total. The van der Waals surface area contributed by atoms with E-state index in [2.05, 4.69) is 15.4 Å². The molecule has 18 heteroatoms. The van der Waals surface area contributed by atoms with Crippen molar-refractivity contribution in [2.75, 3.05) is 17.7 Å². The van der Waals surface area contributed by atoms with Crippen LogP contribution in [0.25, 0.3) is 26.9 Å². The Kier molecular flexibility index (Phi) is 10.4. The summed E-state index contributed by atoms with van der Waals surface area (Å²) < 4.78 is 70.2. The van der Waals surface area contributed by atoms with Gasteiger partial charge < -0.3 is 14.8 Å². The minimum Gasteiger partial charge on any atom is -0.497 e. The van der Waals surface area contributed by atoms with Crippen molar-refractivity contribution in [1.82, 2.24) is 29.6 Å². The van der Waals surface area contributed by atoms with Gasteiger partial charge in [-0.3, -0.25) is 14.0 Å². The Morgan fingerprint density at radius 1 is 1.06 bits per heavy atom. The quantitative estimate of drug-likeness (QED) is 0.159. The van der Waals surface area contributed by atoms with Crippen LogP contribution in [-0.2, 0) is 34.8 Å². The number of sulfonamides is 1. The van der Waals surface area contributed by atoms with Gasteiger partial charge in [-0.2, -0.15) is 5.10 Å². The summed E-state index contributed by atoms with van der Waals surface area (Å²) in [5.74, 6) is -1.14. The van der Waals surface area contributed by atoms with Gasteiger partial charge in [0.05, 0.1) is 52.6 Å². The number of fused-ring (bicyclic) bond motifs is 2. The molecule has 13 nitrogen and oxygen atoms in total. The molecule has 0 bridgehead atoms. The maximum Gasteiger partial charge on any atom is 0.408 e. The van der Waals surface area contributed by atoms with Crippen molar-refractivity contribution in [2.45, 2.75) is 52.3 Å². The van der Waals surface area contributed by atoms with Gasteiger partial charge in [-0.05, 0) is 75.2 Å². The molecule has 1 atom stereocenters. The first-order valence-corrected chi connectivity index (χ1v) is 19.5.